The van der Waals surface area contributed by atoms with E-state index < -0.39 is 11.8 Å². The molecule has 13 heteroatoms. The molecular weight excluding hydrogens is 650 g/mol. The number of nitrogens with one attached hydrogen (secondary N) is 2. The maximum absolute atomic E-state index is 13.7. The highest BCUT2D eigenvalue weighted by Gasteiger charge is 2.22. The van der Waals surface area contributed by atoms with Crippen molar-refractivity contribution in [3.8, 4) is 17.2 Å². The second-order valence-corrected chi connectivity index (χ2v) is 12.0. The van der Waals surface area contributed by atoms with Crippen LogP contribution in [0.4, 0.5) is 17.1 Å². The van der Waals surface area contributed by atoms with Crippen LogP contribution in [0.5, 0.6) is 11.5 Å². The van der Waals surface area contributed by atoms with Crippen LogP contribution in [-0.2, 0) is 6.54 Å². The lowest BCUT2D eigenvalue weighted by Crippen LogP contribution is -2.45. The van der Waals surface area contributed by atoms with Gasteiger partial charge in [-0.2, -0.15) is 5.10 Å². The number of para-hydroxylation sites is 1. The van der Waals surface area contributed by atoms with Gasteiger partial charge in [0.25, 0.3) is 11.8 Å². The van der Waals surface area contributed by atoms with Crippen LogP contribution in [0.2, 0.25) is 0 Å². The van der Waals surface area contributed by atoms with Crippen molar-refractivity contribution >= 4 is 39.8 Å². The van der Waals surface area contributed by atoms with E-state index in [0.717, 1.165) is 50.2 Å². The third-order valence-corrected chi connectivity index (χ3v) is 8.74. The summed E-state index contributed by atoms with van der Waals surface area (Å²) < 4.78 is 18.3. The lowest BCUT2D eigenvalue weighted by molar-refractivity contribution is 0.0997. The summed E-state index contributed by atoms with van der Waals surface area (Å²) in [5, 5.41) is 10.2. The van der Waals surface area contributed by atoms with Crippen molar-refractivity contribution < 1.29 is 23.5 Å². The predicted molar refractivity (Wildman–Crippen MR) is 193 cm³/mol. The molecule has 0 radical (unpaired) electrons. The molecule has 51 heavy (non-hydrogen) atoms. The fourth-order valence-corrected chi connectivity index (χ4v) is 6.09. The van der Waals surface area contributed by atoms with Crippen LogP contribution in [0.15, 0.2) is 113 Å². The molecule has 1 aliphatic heterocycles. The number of anilines is 3. The molecule has 1 aliphatic rings. The molecule has 2 N–H and O–H groups in total. The zero-order valence-corrected chi connectivity index (χ0v) is 28.0. The number of carbonyl (C=O) groups excluding carboxylic acids is 2. The van der Waals surface area contributed by atoms with Gasteiger partial charge in [0, 0.05) is 56.2 Å². The number of ether oxygens (including phenoxy) is 2. The smallest absolute Gasteiger partial charge is 0.291 e. The molecular formula is C38H35N7O6. The minimum atomic E-state index is -0.705. The molecule has 7 rings (SSSR count). The van der Waals surface area contributed by atoms with Crippen LogP contribution in [0, 0.1) is 0 Å². The normalized spacial score (nSPS) is 13.2. The van der Waals surface area contributed by atoms with Gasteiger partial charge in [-0.3, -0.25) is 19.3 Å². The van der Waals surface area contributed by atoms with E-state index in [4.69, 9.17) is 13.9 Å². The predicted octanol–water partition coefficient (Wildman–Crippen LogP) is 5.22. The highest BCUT2D eigenvalue weighted by molar-refractivity contribution is 6.12. The number of aromatic nitrogens is 3. The molecule has 0 saturated carbocycles. The average Bonchev–Trinajstić information content (AvgIpc) is 3.71. The van der Waals surface area contributed by atoms with E-state index in [0.29, 0.717) is 22.6 Å². The van der Waals surface area contributed by atoms with Gasteiger partial charge >= 0.3 is 0 Å². The second-order valence-electron chi connectivity index (χ2n) is 12.0. The number of carbonyl (C=O) groups is 2. The first-order valence-corrected chi connectivity index (χ1v) is 16.3. The van der Waals surface area contributed by atoms with Crippen molar-refractivity contribution in [1.29, 1.82) is 0 Å². The van der Waals surface area contributed by atoms with E-state index in [9.17, 15) is 14.4 Å². The van der Waals surface area contributed by atoms with E-state index in [1.165, 1.54) is 38.2 Å². The summed E-state index contributed by atoms with van der Waals surface area (Å²) in [5.74, 6) is -0.790. The molecule has 258 valence electrons. The third-order valence-electron chi connectivity index (χ3n) is 8.74. The summed E-state index contributed by atoms with van der Waals surface area (Å²) in [5.41, 5.74) is 4.01. The van der Waals surface area contributed by atoms with Crippen LogP contribution in [0.3, 0.4) is 0 Å². The number of amides is 2. The number of benzene rings is 4. The minimum absolute atomic E-state index is 0.121. The highest BCUT2D eigenvalue weighted by Crippen LogP contribution is 2.34. The van der Waals surface area contributed by atoms with Crippen molar-refractivity contribution in [1.82, 2.24) is 19.7 Å². The summed E-state index contributed by atoms with van der Waals surface area (Å²) in [6.45, 7) is 4.38. The Bertz CT molecular complexity index is 2240. The summed E-state index contributed by atoms with van der Waals surface area (Å²) in [6, 6.07) is 26.7. The van der Waals surface area contributed by atoms with Gasteiger partial charge in [-0.1, -0.05) is 24.3 Å². The molecule has 0 aliphatic carbocycles. The summed E-state index contributed by atoms with van der Waals surface area (Å²) >= 11 is 0. The van der Waals surface area contributed by atoms with Gasteiger partial charge in [0.1, 0.15) is 18.2 Å². The first-order valence-electron chi connectivity index (χ1n) is 16.3. The van der Waals surface area contributed by atoms with Crippen molar-refractivity contribution in [2.24, 2.45) is 0 Å². The van der Waals surface area contributed by atoms with Crippen LogP contribution >= 0.6 is 0 Å². The molecule has 0 unspecified atom stereocenters. The second kappa shape index (κ2) is 14.6. The Morgan fingerprint density at radius 3 is 2.31 bits per heavy atom. The Balaban J connectivity index is 1.01. The number of piperazine rings is 1. The molecule has 13 nitrogen and oxygen atoms in total. The van der Waals surface area contributed by atoms with Crippen LogP contribution in [0.1, 0.15) is 26.5 Å². The molecule has 2 amide bonds. The van der Waals surface area contributed by atoms with Crippen molar-refractivity contribution in [2.75, 3.05) is 55.9 Å². The van der Waals surface area contributed by atoms with Gasteiger partial charge in [0.2, 0.25) is 0 Å². The fourth-order valence-electron chi connectivity index (χ4n) is 6.09. The van der Waals surface area contributed by atoms with Gasteiger partial charge in [-0.25, -0.2) is 9.67 Å². The maximum atomic E-state index is 13.7. The Labute approximate surface area is 293 Å². The highest BCUT2D eigenvalue weighted by atomic mass is 16.5. The number of hydrogen-bond acceptors (Lipinski definition) is 10. The SMILES string of the molecule is COc1cc(NC(=O)c2cc(=O)c3ccccc3o2)c(C(=O)Nc2ccc(N3CCN(Cc4cccc(-n5cncn5)c4)CC3)cc2)cc1OC. The van der Waals surface area contributed by atoms with Crippen LogP contribution in [-0.4, -0.2) is 71.9 Å². The zero-order chi connectivity index (χ0) is 35.3. The Hall–Kier alpha value is -6.47. The van der Waals surface area contributed by atoms with Crippen LogP contribution in [0.25, 0.3) is 16.7 Å². The molecule has 1 fully saturated rings. The minimum Gasteiger partial charge on any atom is -0.493 e. The van der Waals surface area contributed by atoms with Gasteiger partial charge in [0.15, 0.2) is 22.7 Å². The molecule has 0 atom stereocenters. The maximum Gasteiger partial charge on any atom is 0.291 e. The van der Waals surface area contributed by atoms with Gasteiger partial charge in [-0.05, 0) is 60.2 Å². The molecule has 4 aromatic carbocycles. The molecule has 2 aromatic heterocycles. The van der Waals surface area contributed by atoms with E-state index in [1.54, 1.807) is 35.3 Å². The summed E-state index contributed by atoms with van der Waals surface area (Å²) in [6.07, 6.45) is 3.22. The van der Waals surface area contributed by atoms with E-state index in [2.05, 4.69) is 42.6 Å². The molecule has 0 spiro atoms. The molecule has 3 heterocycles. The van der Waals surface area contributed by atoms with Gasteiger partial charge < -0.3 is 29.4 Å². The Morgan fingerprint density at radius 2 is 1.57 bits per heavy atom. The first kappa shape index (κ1) is 33.0. The summed E-state index contributed by atoms with van der Waals surface area (Å²) in [4.78, 5) is 48.4. The monoisotopic (exact) mass is 685 g/mol. The number of hydrogen-bond donors (Lipinski definition) is 2. The van der Waals surface area contributed by atoms with Crippen molar-refractivity contribution in [3.63, 3.8) is 0 Å². The number of methoxy groups -OCH3 is 2. The fraction of sp³-hybridized carbons (Fsp3) is 0.184. The largest absolute Gasteiger partial charge is 0.493 e. The Kier molecular flexibility index (Phi) is 9.44. The number of nitrogens with zero attached hydrogens (tertiary/aromatic N) is 5. The standard InChI is InChI=1S/C38H35N7O6/c1-49-34-19-30(31(20-35(34)50-2)42-38(48)36-21-32(46)29-8-3-4-9-33(29)51-36)37(47)41-26-10-12-27(13-11-26)44-16-14-43(15-17-44)22-25-6-5-7-28(18-25)45-24-39-23-40-45/h3-13,18-21,23-24H,14-17,22H2,1-2H3,(H,41,47)(H,42,48). The van der Waals surface area contributed by atoms with Crippen LogP contribution < -0.4 is 30.4 Å². The van der Waals surface area contributed by atoms with Gasteiger partial charge in [0.05, 0.1) is 36.5 Å². The topological polar surface area (TPSA) is 144 Å². The third kappa shape index (κ3) is 7.28. The molecule has 0 bridgehead atoms. The van der Waals surface area contributed by atoms with E-state index in [-0.39, 0.29) is 28.0 Å². The van der Waals surface area contributed by atoms with Crippen molar-refractivity contribution in [2.45, 2.75) is 6.54 Å². The number of rotatable bonds is 10. The van der Waals surface area contributed by atoms with E-state index in [1.807, 2.05) is 36.4 Å². The lowest BCUT2D eigenvalue weighted by Gasteiger charge is -2.36. The molecule has 1 saturated heterocycles. The lowest BCUT2D eigenvalue weighted by atomic mass is 10.1. The van der Waals surface area contributed by atoms with E-state index >= 15 is 0 Å². The first-order chi connectivity index (χ1) is 24.9. The summed E-state index contributed by atoms with van der Waals surface area (Å²) in [7, 11) is 2.91. The number of fused-ring (bicyclic) bond motifs is 1. The van der Waals surface area contributed by atoms with Crippen molar-refractivity contribution in [3.05, 3.63) is 131 Å². The quantitative estimate of drug-likeness (QED) is 0.197. The average molecular weight is 686 g/mol. The molecule has 6 aromatic rings. The Morgan fingerprint density at radius 1 is 0.804 bits per heavy atom. The zero-order valence-electron chi connectivity index (χ0n) is 28.0. The van der Waals surface area contributed by atoms with Gasteiger partial charge in [-0.15, -0.1) is 0 Å².